The Bertz CT molecular complexity index is 487. The maximum Gasteiger partial charge on any atom is 0.150 e. The summed E-state index contributed by atoms with van der Waals surface area (Å²) < 4.78 is 5.80. The van der Waals surface area contributed by atoms with Gasteiger partial charge in [0, 0.05) is 18.5 Å². The first kappa shape index (κ1) is 9.52. The van der Waals surface area contributed by atoms with Crippen LogP contribution < -0.4 is 0 Å². The minimum absolute atomic E-state index is 0.906. The lowest BCUT2D eigenvalue weighted by Crippen LogP contribution is -2.16. The largest absolute Gasteiger partial charge is 0.455 e. The van der Waals surface area contributed by atoms with Gasteiger partial charge in [0.1, 0.15) is 5.58 Å². The number of rotatable bonds is 2. The fourth-order valence-corrected chi connectivity index (χ4v) is 2.27. The fraction of sp³-hybridized carbons (Fsp3) is 0.286. The number of likely N-dealkylation sites (tertiary alicyclic amines) is 1. The molecular formula is C14H15NO. The highest BCUT2D eigenvalue weighted by atomic mass is 16.3. The molecule has 1 aliphatic heterocycles. The molecule has 0 saturated carbocycles. The Balaban J connectivity index is 1.96. The van der Waals surface area contributed by atoms with Crippen LogP contribution in [0.1, 0.15) is 18.6 Å². The highest BCUT2D eigenvalue weighted by Gasteiger charge is 2.17. The molecule has 2 aromatic rings. The zero-order chi connectivity index (χ0) is 11.0. The van der Waals surface area contributed by atoms with Crippen LogP contribution in [0.4, 0.5) is 0 Å². The van der Waals surface area contributed by atoms with Gasteiger partial charge in [-0.3, -0.25) is 0 Å². The van der Waals surface area contributed by atoms with E-state index in [4.69, 9.17) is 4.42 Å². The van der Waals surface area contributed by atoms with E-state index in [1.165, 1.54) is 12.8 Å². The van der Waals surface area contributed by atoms with Crippen molar-refractivity contribution in [3.05, 3.63) is 42.7 Å². The molecule has 1 aromatic carbocycles. The van der Waals surface area contributed by atoms with Crippen LogP contribution in [0.25, 0.3) is 16.7 Å². The van der Waals surface area contributed by atoms with Gasteiger partial charge in [0.2, 0.25) is 0 Å². The van der Waals surface area contributed by atoms with Crippen molar-refractivity contribution in [1.29, 1.82) is 0 Å². The van der Waals surface area contributed by atoms with Gasteiger partial charge in [-0.1, -0.05) is 24.8 Å². The van der Waals surface area contributed by atoms with Crippen molar-refractivity contribution in [3.8, 4) is 0 Å². The van der Waals surface area contributed by atoms with Crippen molar-refractivity contribution < 1.29 is 4.42 Å². The number of furan rings is 1. The first-order valence-electron chi connectivity index (χ1n) is 5.77. The van der Waals surface area contributed by atoms with Crippen LogP contribution in [0.15, 0.2) is 41.3 Å². The standard InChI is InChI=1S/C14H15NO/c1-11(15-8-4-5-9-15)14-10-12-6-2-3-7-13(12)16-14/h2-3,6-7,10H,1,4-5,8-9H2. The van der Waals surface area contributed by atoms with E-state index in [-0.39, 0.29) is 0 Å². The van der Waals surface area contributed by atoms with Gasteiger partial charge < -0.3 is 9.32 Å². The topological polar surface area (TPSA) is 16.4 Å². The van der Waals surface area contributed by atoms with Crippen LogP contribution in [0.5, 0.6) is 0 Å². The second-order valence-corrected chi connectivity index (χ2v) is 4.29. The summed E-state index contributed by atoms with van der Waals surface area (Å²) in [7, 11) is 0. The SMILES string of the molecule is C=C(c1cc2ccccc2o1)N1CCCC1. The molecular weight excluding hydrogens is 198 g/mol. The van der Waals surface area contributed by atoms with Gasteiger partial charge in [-0.25, -0.2) is 0 Å². The van der Waals surface area contributed by atoms with E-state index >= 15 is 0 Å². The number of benzene rings is 1. The van der Waals surface area contributed by atoms with Crippen LogP contribution in [-0.4, -0.2) is 18.0 Å². The molecule has 1 saturated heterocycles. The Hall–Kier alpha value is -1.70. The zero-order valence-corrected chi connectivity index (χ0v) is 9.28. The van der Waals surface area contributed by atoms with E-state index < -0.39 is 0 Å². The summed E-state index contributed by atoms with van der Waals surface area (Å²) in [6.45, 7) is 6.35. The van der Waals surface area contributed by atoms with Crippen molar-refractivity contribution in [2.45, 2.75) is 12.8 Å². The van der Waals surface area contributed by atoms with E-state index in [1.807, 2.05) is 18.2 Å². The van der Waals surface area contributed by atoms with Crippen LogP contribution in [0.3, 0.4) is 0 Å². The summed E-state index contributed by atoms with van der Waals surface area (Å²) in [6, 6.07) is 10.2. The second kappa shape index (κ2) is 3.71. The highest BCUT2D eigenvalue weighted by Crippen LogP contribution is 2.27. The summed E-state index contributed by atoms with van der Waals surface area (Å²) >= 11 is 0. The predicted molar refractivity (Wildman–Crippen MR) is 66.1 cm³/mol. The van der Waals surface area contributed by atoms with Gasteiger partial charge in [-0.15, -0.1) is 0 Å². The monoisotopic (exact) mass is 213 g/mol. The predicted octanol–water partition coefficient (Wildman–Crippen LogP) is 3.50. The highest BCUT2D eigenvalue weighted by molar-refractivity contribution is 5.81. The third kappa shape index (κ3) is 1.51. The molecule has 2 heteroatoms. The molecule has 0 atom stereocenters. The summed E-state index contributed by atoms with van der Waals surface area (Å²) in [5.74, 6) is 0.906. The zero-order valence-electron chi connectivity index (χ0n) is 9.28. The Labute approximate surface area is 95.2 Å². The van der Waals surface area contributed by atoms with Crippen LogP contribution in [0, 0.1) is 0 Å². The summed E-state index contributed by atoms with van der Waals surface area (Å²) in [5.41, 5.74) is 1.96. The van der Waals surface area contributed by atoms with Gasteiger partial charge in [-0.2, -0.15) is 0 Å². The Morgan fingerprint density at radius 3 is 2.69 bits per heavy atom. The molecule has 2 nitrogen and oxygen atoms in total. The van der Waals surface area contributed by atoms with Crippen LogP contribution in [0.2, 0.25) is 0 Å². The third-order valence-corrected chi connectivity index (χ3v) is 3.20. The molecule has 1 fully saturated rings. The number of hydrogen-bond acceptors (Lipinski definition) is 2. The molecule has 82 valence electrons. The summed E-state index contributed by atoms with van der Waals surface area (Å²) in [4.78, 5) is 2.30. The third-order valence-electron chi connectivity index (χ3n) is 3.20. The van der Waals surface area contributed by atoms with E-state index in [0.717, 1.165) is 35.5 Å². The lowest BCUT2D eigenvalue weighted by Gasteiger charge is -2.17. The van der Waals surface area contributed by atoms with Crippen LogP contribution >= 0.6 is 0 Å². The quantitative estimate of drug-likeness (QED) is 0.759. The molecule has 0 radical (unpaired) electrons. The fourth-order valence-electron chi connectivity index (χ4n) is 2.27. The van der Waals surface area contributed by atoms with Gasteiger partial charge in [0.25, 0.3) is 0 Å². The Morgan fingerprint density at radius 1 is 1.19 bits per heavy atom. The molecule has 2 heterocycles. The molecule has 16 heavy (non-hydrogen) atoms. The number of fused-ring (bicyclic) bond motifs is 1. The average Bonchev–Trinajstić information content (AvgIpc) is 2.97. The molecule has 0 N–H and O–H groups in total. The van der Waals surface area contributed by atoms with Gasteiger partial charge in [0.15, 0.2) is 5.76 Å². The number of nitrogens with zero attached hydrogens (tertiary/aromatic N) is 1. The first-order chi connectivity index (χ1) is 7.84. The van der Waals surface area contributed by atoms with Gasteiger partial charge in [-0.05, 0) is 25.0 Å². The van der Waals surface area contributed by atoms with Crippen molar-refractivity contribution in [2.75, 3.05) is 13.1 Å². The summed E-state index contributed by atoms with van der Waals surface area (Å²) in [5, 5.41) is 1.15. The van der Waals surface area contributed by atoms with E-state index in [0.29, 0.717) is 0 Å². The molecule has 0 amide bonds. The maximum atomic E-state index is 5.80. The molecule has 0 unspecified atom stereocenters. The smallest absolute Gasteiger partial charge is 0.150 e. The number of hydrogen-bond donors (Lipinski definition) is 0. The van der Waals surface area contributed by atoms with Gasteiger partial charge in [0.05, 0.1) is 5.70 Å². The molecule has 1 aromatic heterocycles. The van der Waals surface area contributed by atoms with Gasteiger partial charge >= 0.3 is 0 Å². The summed E-state index contributed by atoms with van der Waals surface area (Å²) in [6.07, 6.45) is 2.53. The molecule has 0 bridgehead atoms. The van der Waals surface area contributed by atoms with Crippen molar-refractivity contribution in [1.82, 2.24) is 4.90 Å². The van der Waals surface area contributed by atoms with Crippen molar-refractivity contribution >= 4 is 16.7 Å². The average molecular weight is 213 g/mol. The normalized spacial score (nSPS) is 15.9. The lowest BCUT2D eigenvalue weighted by molar-refractivity contribution is 0.469. The Kier molecular flexibility index (Phi) is 2.21. The Morgan fingerprint density at radius 2 is 1.94 bits per heavy atom. The van der Waals surface area contributed by atoms with E-state index in [9.17, 15) is 0 Å². The van der Waals surface area contributed by atoms with E-state index in [1.54, 1.807) is 0 Å². The molecule has 0 aliphatic carbocycles. The minimum Gasteiger partial charge on any atom is -0.455 e. The molecule has 3 rings (SSSR count). The van der Waals surface area contributed by atoms with Crippen molar-refractivity contribution in [2.24, 2.45) is 0 Å². The number of para-hydroxylation sites is 1. The lowest BCUT2D eigenvalue weighted by atomic mass is 10.2. The van der Waals surface area contributed by atoms with E-state index in [2.05, 4.69) is 23.6 Å². The minimum atomic E-state index is 0.906. The van der Waals surface area contributed by atoms with Crippen molar-refractivity contribution in [3.63, 3.8) is 0 Å². The molecule has 1 aliphatic rings. The first-order valence-corrected chi connectivity index (χ1v) is 5.77. The second-order valence-electron chi connectivity index (χ2n) is 4.29. The maximum absolute atomic E-state index is 5.80. The van der Waals surface area contributed by atoms with Crippen LogP contribution in [-0.2, 0) is 0 Å². The molecule has 0 spiro atoms.